The van der Waals surface area contributed by atoms with Gasteiger partial charge >= 0.3 is 0 Å². The summed E-state index contributed by atoms with van der Waals surface area (Å²) in [5.41, 5.74) is 1.74. The minimum absolute atomic E-state index is 0.137. The lowest BCUT2D eigenvalue weighted by atomic mass is 9.96. The maximum absolute atomic E-state index is 12.2. The molecule has 0 saturated heterocycles. The third-order valence-electron chi connectivity index (χ3n) is 3.45. The summed E-state index contributed by atoms with van der Waals surface area (Å²) >= 11 is 9.43. The Bertz CT molecular complexity index is 615. The Hall–Kier alpha value is -1.32. The van der Waals surface area contributed by atoms with Crippen LogP contribution in [0.3, 0.4) is 0 Å². The highest BCUT2D eigenvalue weighted by Gasteiger charge is 2.14. The first kappa shape index (κ1) is 16.1. The average molecular weight is 367 g/mol. The molecule has 110 valence electrons. The van der Waals surface area contributed by atoms with Crippen molar-refractivity contribution in [3.63, 3.8) is 0 Å². The van der Waals surface area contributed by atoms with Gasteiger partial charge in [-0.15, -0.1) is 0 Å². The molecular formula is C17H17BrClNO. The van der Waals surface area contributed by atoms with Crippen LogP contribution in [0.4, 0.5) is 0 Å². The van der Waals surface area contributed by atoms with Gasteiger partial charge in [-0.3, -0.25) is 4.79 Å². The van der Waals surface area contributed by atoms with Crippen LogP contribution < -0.4 is 5.32 Å². The fraction of sp³-hybridized carbons (Fsp3) is 0.235. The molecule has 2 nitrogen and oxygen atoms in total. The molecule has 0 bridgehead atoms. The Morgan fingerprint density at radius 2 is 1.95 bits per heavy atom. The van der Waals surface area contributed by atoms with Gasteiger partial charge in [0, 0.05) is 16.9 Å². The van der Waals surface area contributed by atoms with Gasteiger partial charge in [0.1, 0.15) is 0 Å². The van der Waals surface area contributed by atoms with Crippen LogP contribution >= 0.6 is 27.5 Å². The molecule has 0 aliphatic carbocycles. The molecule has 0 aromatic heterocycles. The maximum Gasteiger partial charge on any atom is 0.252 e. The first-order valence-electron chi connectivity index (χ1n) is 6.90. The van der Waals surface area contributed by atoms with E-state index in [4.69, 9.17) is 11.6 Å². The van der Waals surface area contributed by atoms with Gasteiger partial charge in [0.25, 0.3) is 5.91 Å². The van der Waals surface area contributed by atoms with Gasteiger partial charge in [-0.1, -0.05) is 64.8 Å². The third kappa shape index (κ3) is 4.32. The van der Waals surface area contributed by atoms with Crippen molar-refractivity contribution in [1.82, 2.24) is 5.32 Å². The number of nitrogens with one attached hydrogen (secondary N) is 1. The third-order valence-corrected chi connectivity index (χ3v) is 4.25. The number of hydrogen-bond acceptors (Lipinski definition) is 1. The highest BCUT2D eigenvalue weighted by molar-refractivity contribution is 9.10. The van der Waals surface area contributed by atoms with Crippen LogP contribution in [0, 0.1) is 0 Å². The molecule has 0 radical (unpaired) electrons. The number of hydrogen-bond donors (Lipinski definition) is 1. The summed E-state index contributed by atoms with van der Waals surface area (Å²) in [5, 5.41) is 3.42. The summed E-state index contributed by atoms with van der Waals surface area (Å²) in [7, 11) is 0. The first-order chi connectivity index (χ1) is 10.1. The highest BCUT2D eigenvalue weighted by Crippen LogP contribution is 2.22. The van der Waals surface area contributed by atoms with Gasteiger partial charge in [-0.2, -0.15) is 0 Å². The van der Waals surface area contributed by atoms with E-state index in [-0.39, 0.29) is 5.91 Å². The number of carbonyl (C=O) groups excluding carboxylic acids is 1. The quantitative estimate of drug-likeness (QED) is 0.790. The second kappa shape index (κ2) is 7.62. The van der Waals surface area contributed by atoms with E-state index in [0.29, 0.717) is 23.0 Å². The molecule has 1 unspecified atom stereocenters. The van der Waals surface area contributed by atoms with Crippen molar-refractivity contribution < 1.29 is 4.79 Å². The van der Waals surface area contributed by atoms with E-state index in [1.807, 2.05) is 24.3 Å². The minimum Gasteiger partial charge on any atom is -0.351 e. The van der Waals surface area contributed by atoms with E-state index in [1.165, 1.54) is 5.56 Å². The fourth-order valence-electron chi connectivity index (χ4n) is 2.21. The van der Waals surface area contributed by atoms with E-state index in [9.17, 15) is 4.79 Å². The standard InChI is InChI=1S/C17H17BrClNO/c1-2-12(13-6-4-3-5-7-13)11-20-17(21)15-9-8-14(18)10-16(15)19/h3-10,12H,2,11H2,1H3,(H,20,21). The van der Waals surface area contributed by atoms with E-state index in [1.54, 1.807) is 12.1 Å². The molecule has 2 rings (SSSR count). The van der Waals surface area contributed by atoms with Crippen LogP contribution in [0.5, 0.6) is 0 Å². The van der Waals surface area contributed by atoms with Crippen molar-refractivity contribution >= 4 is 33.4 Å². The Labute approximate surface area is 138 Å². The molecule has 1 N–H and O–H groups in total. The van der Waals surface area contributed by atoms with E-state index in [0.717, 1.165) is 10.9 Å². The maximum atomic E-state index is 12.2. The predicted octanol–water partition coefficient (Wildman–Crippen LogP) is 5.03. The number of benzene rings is 2. The number of amides is 1. The molecule has 0 fully saturated rings. The zero-order valence-electron chi connectivity index (χ0n) is 11.8. The van der Waals surface area contributed by atoms with Gasteiger partial charge in [0.2, 0.25) is 0 Å². The molecular weight excluding hydrogens is 350 g/mol. The van der Waals surface area contributed by atoms with Crippen LogP contribution in [0.1, 0.15) is 35.2 Å². The fourth-order valence-corrected chi connectivity index (χ4v) is 2.97. The summed E-state index contributed by atoms with van der Waals surface area (Å²) < 4.78 is 0.861. The van der Waals surface area contributed by atoms with Crippen molar-refractivity contribution in [1.29, 1.82) is 0 Å². The molecule has 0 heterocycles. The SMILES string of the molecule is CCC(CNC(=O)c1ccc(Br)cc1Cl)c1ccccc1. The Morgan fingerprint density at radius 3 is 2.57 bits per heavy atom. The van der Waals surface area contributed by atoms with Crippen LogP contribution in [0.15, 0.2) is 53.0 Å². The molecule has 21 heavy (non-hydrogen) atoms. The highest BCUT2D eigenvalue weighted by atomic mass is 79.9. The van der Waals surface area contributed by atoms with Crippen LogP contribution in [0.2, 0.25) is 5.02 Å². The van der Waals surface area contributed by atoms with Crippen molar-refractivity contribution in [2.24, 2.45) is 0 Å². The number of carbonyl (C=O) groups is 1. The molecule has 0 spiro atoms. The normalized spacial score (nSPS) is 12.0. The van der Waals surface area contributed by atoms with Gasteiger partial charge in [0.15, 0.2) is 0 Å². The zero-order chi connectivity index (χ0) is 15.2. The lowest BCUT2D eigenvalue weighted by molar-refractivity contribution is 0.0951. The monoisotopic (exact) mass is 365 g/mol. The van der Waals surface area contributed by atoms with Gasteiger partial charge in [-0.05, 0) is 30.2 Å². The molecule has 0 aliphatic heterocycles. The van der Waals surface area contributed by atoms with Gasteiger partial charge in [0.05, 0.1) is 10.6 Å². The topological polar surface area (TPSA) is 29.1 Å². The smallest absolute Gasteiger partial charge is 0.252 e. The Kier molecular flexibility index (Phi) is 5.83. The van der Waals surface area contributed by atoms with Gasteiger partial charge in [-0.25, -0.2) is 0 Å². The zero-order valence-corrected chi connectivity index (χ0v) is 14.1. The predicted molar refractivity (Wildman–Crippen MR) is 91.0 cm³/mol. The van der Waals surface area contributed by atoms with E-state index in [2.05, 4.69) is 40.3 Å². The molecule has 2 aromatic rings. The molecule has 1 amide bonds. The first-order valence-corrected chi connectivity index (χ1v) is 8.07. The largest absolute Gasteiger partial charge is 0.351 e. The molecule has 2 aromatic carbocycles. The number of halogens is 2. The summed E-state index contributed by atoms with van der Waals surface area (Å²) in [6.07, 6.45) is 0.971. The second-order valence-corrected chi connectivity index (χ2v) is 6.17. The Balaban J connectivity index is 2.03. The summed E-state index contributed by atoms with van der Waals surface area (Å²) in [5.74, 6) is 0.172. The van der Waals surface area contributed by atoms with Crippen molar-refractivity contribution in [2.45, 2.75) is 19.3 Å². The van der Waals surface area contributed by atoms with Crippen molar-refractivity contribution in [2.75, 3.05) is 6.54 Å². The molecule has 4 heteroatoms. The lowest BCUT2D eigenvalue weighted by Gasteiger charge is -2.16. The minimum atomic E-state index is -0.137. The van der Waals surface area contributed by atoms with Crippen molar-refractivity contribution in [3.05, 3.63) is 69.2 Å². The van der Waals surface area contributed by atoms with E-state index >= 15 is 0 Å². The van der Waals surface area contributed by atoms with Crippen molar-refractivity contribution in [3.8, 4) is 0 Å². The van der Waals surface area contributed by atoms with Crippen LogP contribution in [-0.4, -0.2) is 12.5 Å². The molecule has 0 saturated carbocycles. The Morgan fingerprint density at radius 1 is 1.24 bits per heavy atom. The lowest BCUT2D eigenvalue weighted by Crippen LogP contribution is -2.28. The van der Waals surface area contributed by atoms with Crippen LogP contribution in [-0.2, 0) is 0 Å². The summed E-state index contributed by atoms with van der Waals surface area (Å²) in [6, 6.07) is 15.5. The average Bonchev–Trinajstić information content (AvgIpc) is 2.48. The molecule has 0 aliphatic rings. The van der Waals surface area contributed by atoms with Crippen LogP contribution in [0.25, 0.3) is 0 Å². The van der Waals surface area contributed by atoms with E-state index < -0.39 is 0 Å². The van der Waals surface area contributed by atoms with Gasteiger partial charge < -0.3 is 5.32 Å². The molecule has 1 atom stereocenters. The second-order valence-electron chi connectivity index (χ2n) is 4.85. The summed E-state index contributed by atoms with van der Waals surface area (Å²) in [6.45, 7) is 2.72. The number of rotatable bonds is 5. The summed E-state index contributed by atoms with van der Waals surface area (Å²) in [4.78, 5) is 12.2.